The number of hydrogen-bond donors (Lipinski definition) is 0. The molecular weight excluding hydrogens is 400 g/mol. The first kappa shape index (κ1) is 21.4. The van der Waals surface area contributed by atoms with Crippen molar-refractivity contribution in [3.8, 4) is 28.4 Å². The van der Waals surface area contributed by atoms with Crippen LogP contribution in [0.1, 0.15) is 11.1 Å². The first-order chi connectivity index (χ1) is 15.7. The number of methoxy groups -OCH3 is 3. The van der Waals surface area contributed by atoms with Crippen LogP contribution in [0.2, 0.25) is 0 Å². The van der Waals surface area contributed by atoms with Crippen molar-refractivity contribution in [2.24, 2.45) is 0 Å². The molecule has 5 heteroatoms. The second-order valence-corrected chi connectivity index (χ2v) is 7.55. The van der Waals surface area contributed by atoms with Crippen LogP contribution in [0, 0.1) is 0 Å². The molecule has 162 valence electrons. The number of pyridine rings is 2. The minimum Gasteiger partial charge on any atom is -0.497 e. The van der Waals surface area contributed by atoms with E-state index in [9.17, 15) is 0 Å². The number of nitrogens with zero attached hydrogens (tertiary/aromatic N) is 2. The molecule has 0 N–H and O–H groups in total. The van der Waals surface area contributed by atoms with Gasteiger partial charge in [-0.2, -0.15) is 4.57 Å². The van der Waals surface area contributed by atoms with Gasteiger partial charge >= 0.3 is 0 Å². The van der Waals surface area contributed by atoms with E-state index in [-0.39, 0.29) is 0 Å². The number of aromatic nitrogens is 2. The molecule has 4 rings (SSSR count). The first-order valence-corrected chi connectivity index (χ1v) is 10.5. The van der Waals surface area contributed by atoms with Gasteiger partial charge < -0.3 is 14.2 Å². The van der Waals surface area contributed by atoms with E-state index in [0.29, 0.717) is 0 Å². The molecule has 2 aromatic heterocycles. The minimum atomic E-state index is 0.761. The van der Waals surface area contributed by atoms with Crippen LogP contribution in [0.3, 0.4) is 0 Å². The van der Waals surface area contributed by atoms with Crippen LogP contribution < -0.4 is 23.3 Å². The predicted molar refractivity (Wildman–Crippen MR) is 123 cm³/mol. The van der Waals surface area contributed by atoms with Gasteiger partial charge in [-0.15, -0.1) is 0 Å². The summed E-state index contributed by atoms with van der Waals surface area (Å²) in [7, 11) is 5.07. The average molecular weight is 429 g/mol. The lowest BCUT2D eigenvalue weighted by molar-refractivity contribution is -0.688. The second-order valence-electron chi connectivity index (χ2n) is 7.55. The van der Waals surface area contributed by atoms with Gasteiger partial charge in [0.2, 0.25) is 6.20 Å². The zero-order valence-electron chi connectivity index (χ0n) is 18.7. The molecule has 4 aromatic rings. The summed E-state index contributed by atoms with van der Waals surface area (Å²) in [5.41, 5.74) is 4.60. The standard InChI is InChI=1S/C27H28N2O3/c1-30-24-8-4-21(5-9-24)18-28-15-12-23(13-16-28)26-14-17-29(20-27(26)32-3)19-22-6-10-25(31-2)11-7-22/h4-17,20H,18-19H2,1-3H3/q+2. The molecule has 0 saturated heterocycles. The Morgan fingerprint density at radius 2 is 1.06 bits per heavy atom. The lowest BCUT2D eigenvalue weighted by Gasteiger charge is -2.08. The Bertz CT molecular complexity index is 1160. The summed E-state index contributed by atoms with van der Waals surface area (Å²) < 4.78 is 20.5. The third-order valence-electron chi connectivity index (χ3n) is 5.45. The number of rotatable bonds is 8. The fraction of sp³-hybridized carbons (Fsp3) is 0.185. The monoisotopic (exact) mass is 428 g/mol. The van der Waals surface area contributed by atoms with E-state index in [1.807, 2.05) is 30.5 Å². The SMILES string of the molecule is COc1ccc(C[n+]2ccc(-c3cc[n+](Cc4ccc(OC)cc4)cc3OC)cc2)cc1. The summed E-state index contributed by atoms with van der Waals surface area (Å²) in [6.45, 7) is 1.56. The van der Waals surface area contributed by atoms with E-state index in [2.05, 4.69) is 70.2 Å². The van der Waals surface area contributed by atoms with Crippen molar-refractivity contribution in [3.05, 3.63) is 103 Å². The van der Waals surface area contributed by atoms with Crippen molar-refractivity contribution in [2.75, 3.05) is 21.3 Å². The normalized spacial score (nSPS) is 10.6. The maximum Gasteiger partial charge on any atom is 0.212 e. The summed E-state index contributed by atoms with van der Waals surface area (Å²) in [5, 5.41) is 0. The highest BCUT2D eigenvalue weighted by molar-refractivity contribution is 5.68. The van der Waals surface area contributed by atoms with Gasteiger partial charge in [0.1, 0.15) is 11.5 Å². The van der Waals surface area contributed by atoms with Crippen molar-refractivity contribution in [3.63, 3.8) is 0 Å². The molecule has 0 saturated carbocycles. The third-order valence-corrected chi connectivity index (χ3v) is 5.45. The summed E-state index contributed by atoms with van der Waals surface area (Å²) in [6, 6.07) is 22.6. The highest BCUT2D eigenvalue weighted by Crippen LogP contribution is 2.27. The van der Waals surface area contributed by atoms with Crippen LogP contribution in [0.15, 0.2) is 91.5 Å². The first-order valence-electron chi connectivity index (χ1n) is 10.5. The highest BCUT2D eigenvalue weighted by atomic mass is 16.5. The van der Waals surface area contributed by atoms with Crippen LogP contribution in [-0.4, -0.2) is 21.3 Å². The fourth-order valence-corrected chi connectivity index (χ4v) is 3.64. The predicted octanol–water partition coefficient (Wildman–Crippen LogP) is 4.05. The lowest BCUT2D eigenvalue weighted by Crippen LogP contribution is -2.34. The summed E-state index contributed by atoms with van der Waals surface area (Å²) >= 11 is 0. The molecule has 0 aliphatic carbocycles. The molecule has 0 fully saturated rings. The Balaban J connectivity index is 1.49. The van der Waals surface area contributed by atoms with Gasteiger partial charge in [0, 0.05) is 34.9 Å². The Morgan fingerprint density at radius 1 is 0.562 bits per heavy atom. The van der Waals surface area contributed by atoms with Gasteiger partial charge in [0.25, 0.3) is 0 Å². The summed E-state index contributed by atoms with van der Waals surface area (Å²) in [4.78, 5) is 0. The van der Waals surface area contributed by atoms with E-state index < -0.39 is 0 Å². The number of ether oxygens (including phenoxy) is 3. The summed E-state index contributed by atoms with van der Waals surface area (Å²) in [5.74, 6) is 2.57. The quantitative estimate of drug-likeness (QED) is 0.397. The Morgan fingerprint density at radius 3 is 1.56 bits per heavy atom. The van der Waals surface area contributed by atoms with Gasteiger partial charge in [-0.05, 0) is 54.1 Å². The smallest absolute Gasteiger partial charge is 0.212 e. The Hall–Kier alpha value is -3.86. The molecule has 0 aliphatic heterocycles. The van der Waals surface area contributed by atoms with Gasteiger partial charge in [-0.1, -0.05) is 0 Å². The number of hydrogen-bond acceptors (Lipinski definition) is 3. The van der Waals surface area contributed by atoms with E-state index in [1.54, 1.807) is 21.3 Å². The van der Waals surface area contributed by atoms with Crippen molar-refractivity contribution >= 4 is 0 Å². The molecule has 0 amide bonds. The molecule has 0 spiro atoms. The van der Waals surface area contributed by atoms with Gasteiger partial charge in [0.15, 0.2) is 37.4 Å². The maximum absolute atomic E-state index is 5.70. The highest BCUT2D eigenvalue weighted by Gasteiger charge is 2.14. The number of benzene rings is 2. The molecule has 0 aliphatic rings. The van der Waals surface area contributed by atoms with Crippen LogP contribution in [0.25, 0.3) is 11.1 Å². The van der Waals surface area contributed by atoms with Crippen LogP contribution in [0.5, 0.6) is 17.2 Å². The largest absolute Gasteiger partial charge is 0.497 e. The van der Waals surface area contributed by atoms with Crippen molar-refractivity contribution in [1.29, 1.82) is 0 Å². The lowest BCUT2D eigenvalue weighted by atomic mass is 10.1. The van der Waals surface area contributed by atoms with Crippen molar-refractivity contribution in [2.45, 2.75) is 13.1 Å². The Kier molecular flexibility index (Phi) is 6.66. The third kappa shape index (κ3) is 5.06. The molecule has 0 bridgehead atoms. The van der Waals surface area contributed by atoms with Gasteiger partial charge in [-0.25, -0.2) is 4.57 Å². The topological polar surface area (TPSA) is 35.5 Å². The van der Waals surface area contributed by atoms with Crippen LogP contribution in [0.4, 0.5) is 0 Å². The van der Waals surface area contributed by atoms with E-state index >= 15 is 0 Å². The molecule has 2 heterocycles. The maximum atomic E-state index is 5.70. The average Bonchev–Trinajstić information content (AvgIpc) is 2.85. The molecule has 2 aromatic carbocycles. The van der Waals surface area contributed by atoms with Gasteiger partial charge in [0.05, 0.1) is 21.3 Å². The minimum absolute atomic E-state index is 0.761. The molecule has 5 nitrogen and oxygen atoms in total. The van der Waals surface area contributed by atoms with E-state index in [0.717, 1.165) is 41.5 Å². The van der Waals surface area contributed by atoms with Crippen LogP contribution in [-0.2, 0) is 13.1 Å². The molecule has 0 radical (unpaired) electrons. The van der Waals surface area contributed by atoms with Crippen LogP contribution >= 0.6 is 0 Å². The zero-order valence-corrected chi connectivity index (χ0v) is 18.7. The van der Waals surface area contributed by atoms with E-state index in [1.165, 1.54) is 11.1 Å². The van der Waals surface area contributed by atoms with Crippen molar-refractivity contribution in [1.82, 2.24) is 0 Å². The molecular formula is C27H28N2O3+2. The van der Waals surface area contributed by atoms with Gasteiger partial charge in [-0.3, -0.25) is 0 Å². The second kappa shape index (κ2) is 9.96. The Labute approximate surface area is 189 Å². The van der Waals surface area contributed by atoms with Crippen molar-refractivity contribution < 1.29 is 23.3 Å². The molecule has 32 heavy (non-hydrogen) atoms. The molecule has 0 atom stereocenters. The summed E-state index contributed by atoms with van der Waals surface area (Å²) in [6.07, 6.45) is 8.31. The fourth-order valence-electron chi connectivity index (χ4n) is 3.64. The zero-order chi connectivity index (χ0) is 22.3. The molecule has 0 unspecified atom stereocenters. The van der Waals surface area contributed by atoms with E-state index in [4.69, 9.17) is 14.2 Å².